The largest absolute Gasteiger partial charge is 0.278 e. The van der Waals surface area contributed by atoms with Crippen molar-refractivity contribution in [2.24, 2.45) is 0 Å². The molecule has 0 aliphatic heterocycles. The van der Waals surface area contributed by atoms with Crippen LogP contribution in [0.25, 0.3) is 0 Å². The van der Waals surface area contributed by atoms with Crippen LogP contribution in [0.3, 0.4) is 0 Å². The SMILES string of the molecule is CN(C=O)S(C)(=O)=O. The lowest BCUT2D eigenvalue weighted by molar-refractivity contribution is -0.113. The molecule has 0 atom stereocenters. The maximum Gasteiger partial charge on any atom is 0.233 e. The number of nitrogens with zero attached hydrogens (tertiary/aromatic N) is 1. The van der Waals surface area contributed by atoms with Crippen LogP contribution in [0.5, 0.6) is 0 Å². The van der Waals surface area contributed by atoms with Crippen molar-refractivity contribution in [1.82, 2.24) is 4.31 Å². The highest BCUT2D eigenvalue weighted by atomic mass is 32.2. The fourth-order valence-corrected chi connectivity index (χ4v) is 0.235. The summed E-state index contributed by atoms with van der Waals surface area (Å²) in [6, 6.07) is 0. The van der Waals surface area contributed by atoms with E-state index in [1.54, 1.807) is 0 Å². The van der Waals surface area contributed by atoms with Gasteiger partial charge in [-0.1, -0.05) is 0 Å². The Morgan fingerprint density at radius 3 is 1.88 bits per heavy atom. The molecule has 0 radical (unpaired) electrons. The molecule has 0 rings (SSSR count). The van der Waals surface area contributed by atoms with Crippen LogP contribution in [0.1, 0.15) is 0 Å². The van der Waals surface area contributed by atoms with Gasteiger partial charge >= 0.3 is 0 Å². The Labute approximate surface area is 48.2 Å². The van der Waals surface area contributed by atoms with Gasteiger partial charge in [-0.3, -0.25) is 4.79 Å². The molecule has 0 saturated heterocycles. The molecular weight excluding hydrogens is 130 g/mol. The van der Waals surface area contributed by atoms with Crippen molar-refractivity contribution in [3.8, 4) is 0 Å². The van der Waals surface area contributed by atoms with Crippen LogP contribution < -0.4 is 0 Å². The van der Waals surface area contributed by atoms with Crippen molar-refractivity contribution in [1.29, 1.82) is 0 Å². The number of hydrogen-bond donors (Lipinski definition) is 0. The summed E-state index contributed by atoms with van der Waals surface area (Å²) < 4.78 is 21.1. The third-order valence-corrected chi connectivity index (χ3v) is 1.80. The van der Waals surface area contributed by atoms with Crippen molar-refractivity contribution in [3.63, 3.8) is 0 Å². The van der Waals surface area contributed by atoms with E-state index in [0.717, 1.165) is 6.26 Å². The van der Waals surface area contributed by atoms with E-state index in [1.165, 1.54) is 7.05 Å². The van der Waals surface area contributed by atoms with Crippen LogP contribution in [0.15, 0.2) is 0 Å². The van der Waals surface area contributed by atoms with E-state index < -0.39 is 10.0 Å². The Balaban J connectivity index is 4.26. The first-order chi connectivity index (χ1) is 3.48. The number of rotatable bonds is 2. The monoisotopic (exact) mass is 137 g/mol. The minimum absolute atomic E-state index is 0.245. The van der Waals surface area contributed by atoms with Gasteiger partial charge in [0.1, 0.15) is 0 Å². The molecule has 0 bridgehead atoms. The van der Waals surface area contributed by atoms with Gasteiger partial charge < -0.3 is 0 Å². The highest BCUT2D eigenvalue weighted by Crippen LogP contribution is 1.84. The predicted octanol–water partition coefficient (Wildman–Crippen LogP) is -0.966. The molecule has 0 aromatic carbocycles. The molecule has 0 spiro atoms. The van der Waals surface area contributed by atoms with E-state index in [9.17, 15) is 13.2 Å². The summed E-state index contributed by atoms with van der Waals surface area (Å²) in [5, 5.41) is 0. The van der Waals surface area contributed by atoms with Gasteiger partial charge in [0.15, 0.2) is 0 Å². The fraction of sp³-hybridized carbons (Fsp3) is 0.667. The maximum absolute atomic E-state index is 10.3. The molecule has 0 aliphatic rings. The van der Waals surface area contributed by atoms with Crippen molar-refractivity contribution < 1.29 is 13.2 Å². The van der Waals surface area contributed by atoms with Crippen LogP contribution >= 0.6 is 0 Å². The fourth-order valence-electron chi connectivity index (χ4n) is 0.0782. The van der Waals surface area contributed by atoms with Gasteiger partial charge in [-0.15, -0.1) is 0 Å². The third-order valence-electron chi connectivity index (χ3n) is 0.672. The van der Waals surface area contributed by atoms with Crippen molar-refractivity contribution in [2.45, 2.75) is 0 Å². The van der Waals surface area contributed by atoms with E-state index in [4.69, 9.17) is 0 Å². The second kappa shape index (κ2) is 2.13. The first-order valence-electron chi connectivity index (χ1n) is 1.87. The Morgan fingerprint density at radius 1 is 1.50 bits per heavy atom. The van der Waals surface area contributed by atoms with Crippen LogP contribution in [0.2, 0.25) is 0 Å². The van der Waals surface area contributed by atoms with Gasteiger partial charge in [0.2, 0.25) is 16.4 Å². The first kappa shape index (κ1) is 7.42. The summed E-state index contributed by atoms with van der Waals surface area (Å²) in [6.45, 7) is 0. The third kappa shape index (κ3) is 1.92. The second-order valence-corrected chi connectivity index (χ2v) is 3.43. The van der Waals surface area contributed by atoms with Gasteiger partial charge in [-0.2, -0.15) is 0 Å². The minimum Gasteiger partial charge on any atom is -0.278 e. The first-order valence-corrected chi connectivity index (χ1v) is 3.71. The van der Waals surface area contributed by atoms with Crippen LogP contribution in [0, 0.1) is 0 Å². The molecule has 8 heavy (non-hydrogen) atoms. The molecule has 48 valence electrons. The lowest BCUT2D eigenvalue weighted by Gasteiger charge is -2.04. The quantitative estimate of drug-likeness (QED) is 0.460. The van der Waals surface area contributed by atoms with Gasteiger partial charge in [0.25, 0.3) is 0 Å². The average Bonchev–Trinajstić information content (AvgIpc) is 1.62. The number of hydrogen-bond acceptors (Lipinski definition) is 3. The second-order valence-electron chi connectivity index (χ2n) is 1.38. The van der Waals surface area contributed by atoms with E-state index in [0.29, 0.717) is 4.31 Å². The number of carbonyl (C=O) groups is 1. The Hall–Kier alpha value is -0.580. The zero-order valence-corrected chi connectivity index (χ0v) is 5.47. The zero-order chi connectivity index (χ0) is 6.78. The molecule has 1 amide bonds. The van der Waals surface area contributed by atoms with Gasteiger partial charge in [0, 0.05) is 7.05 Å². The minimum atomic E-state index is -3.29. The van der Waals surface area contributed by atoms with E-state index in [2.05, 4.69) is 0 Å². The topological polar surface area (TPSA) is 54.5 Å². The van der Waals surface area contributed by atoms with Crippen LogP contribution in [-0.2, 0) is 14.8 Å². The van der Waals surface area contributed by atoms with Gasteiger partial charge in [-0.25, -0.2) is 12.7 Å². The molecule has 4 nitrogen and oxygen atoms in total. The molecular formula is C3H7NO3S. The lowest BCUT2D eigenvalue weighted by Crippen LogP contribution is -2.23. The molecule has 0 saturated carbocycles. The maximum atomic E-state index is 10.3. The zero-order valence-electron chi connectivity index (χ0n) is 4.66. The highest BCUT2D eigenvalue weighted by Gasteiger charge is 2.04. The van der Waals surface area contributed by atoms with Crippen molar-refractivity contribution in [3.05, 3.63) is 0 Å². The average molecular weight is 137 g/mol. The number of amides is 1. The molecule has 5 heteroatoms. The molecule has 0 fully saturated rings. The molecule has 0 aliphatic carbocycles. The Bertz CT molecular complexity index is 171. The summed E-state index contributed by atoms with van der Waals surface area (Å²) in [5.74, 6) is 0. The summed E-state index contributed by atoms with van der Waals surface area (Å²) in [7, 11) is -2.10. The van der Waals surface area contributed by atoms with E-state index in [-0.39, 0.29) is 6.41 Å². The Kier molecular flexibility index (Phi) is 1.97. The van der Waals surface area contributed by atoms with Crippen molar-refractivity contribution in [2.75, 3.05) is 13.3 Å². The van der Waals surface area contributed by atoms with Gasteiger partial charge in [-0.05, 0) is 0 Å². The predicted molar refractivity (Wildman–Crippen MR) is 28.7 cm³/mol. The lowest BCUT2D eigenvalue weighted by atomic mass is 11.2. The summed E-state index contributed by atoms with van der Waals surface area (Å²) in [5.41, 5.74) is 0. The Morgan fingerprint density at radius 2 is 1.88 bits per heavy atom. The van der Waals surface area contributed by atoms with Gasteiger partial charge in [0.05, 0.1) is 6.26 Å². The molecule has 0 N–H and O–H groups in total. The standard InChI is InChI=1S/C3H7NO3S/c1-4(3-5)8(2,6)7/h3H,1-2H3. The summed E-state index contributed by atoms with van der Waals surface area (Å²) in [4.78, 5) is 9.70. The normalized spacial score (nSPS) is 10.8. The summed E-state index contributed by atoms with van der Waals surface area (Å²) in [6.07, 6.45) is 1.21. The van der Waals surface area contributed by atoms with Crippen LogP contribution in [-0.4, -0.2) is 32.4 Å². The molecule has 0 unspecified atom stereocenters. The highest BCUT2D eigenvalue weighted by molar-refractivity contribution is 7.88. The van der Waals surface area contributed by atoms with Crippen molar-refractivity contribution >= 4 is 16.4 Å². The van der Waals surface area contributed by atoms with Crippen LogP contribution in [0.4, 0.5) is 0 Å². The van der Waals surface area contributed by atoms with E-state index in [1.807, 2.05) is 0 Å². The summed E-state index contributed by atoms with van der Waals surface area (Å²) >= 11 is 0. The smallest absolute Gasteiger partial charge is 0.233 e. The number of carbonyl (C=O) groups excluding carboxylic acids is 1. The molecule has 0 aromatic rings. The molecule has 0 aromatic heterocycles. The van der Waals surface area contributed by atoms with E-state index >= 15 is 0 Å². The molecule has 0 heterocycles. The number of sulfonamides is 1.